The van der Waals surface area contributed by atoms with Gasteiger partial charge in [-0.1, -0.05) is 18.2 Å². The van der Waals surface area contributed by atoms with Crippen molar-refractivity contribution in [1.82, 2.24) is 0 Å². The molecule has 3 rings (SSSR count). The number of fused-ring (bicyclic) bond motifs is 2. The number of rotatable bonds is 6. The maximum absolute atomic E-state index is 13.0. The molecule has 1 aromatic rings. The molecular formula is C22H26O8. The molecule has 0 unspecified atom stereocenters. The summed E-state index contributed by atoms with van der Waals surface area (Å²) in [6.45, 7) is 1.73. The van der Waals surface area contributed by atoms with Crippen LogP contribution < -0.4 is 9.47 Å². The van der Waals surface area contributed by atoms with Crippen molar-refractivity contribution in [3.8, 4) is 11.5 Å². The average Bonchev–Trinajstić information content (AvgIpc) is 3.44. The van der Waals surface area contributed by atoms with Gasteiger partial charge in [-0.2, -0.15) is 0 Å². The Bertz CT molecular complexity index is 829. The third kappa shape index (κ3) is 5.91. The van der Waals surface area contributed by atoms with Gasteiger partial charge in [-0.25, -0.2) is 4.79 Å². The second-order valence-electron chi connectivity index (χ2n) is 7.04. The molecule has 1 saturated heterocycles. The molecule has 0 aliphatic carbocycles. The molecule has 0 N–H and O–H groups in total. The second-order valence-corrected chi connectivity index (χ2v) is 7.04. The summed E-state index contributed by atoms with van der Waals surface area (Å²) in [6, 6.07) is 3.17. The first kappa shape index (κ1) is 22.0. The van der Waals surface area contributed by atoms with Gasteiger partial charge in [0, 0.05) is 33.1 Å². The van der Waals surface area contributed by atoms with E-state index in [9.17, 15) is 9.59 Å². The van der Waals surface area contributed by atoms with Gasteiger partial charge in [-0.3, -0.25) is 4.79 Å². The smallest absolute Gasteiger partial charge is 0.342 e. The number of hydrogen-bond donors (Lipinski definition) is 0. The molecule has 3 atom stereocenters. The summed E-state index contributed by atoms with van der Waals surface area (Å²) in [5.41, 5.74) is 0.606. The van der Waals surface area contributed by atoms with Gasteiger partial charge < -0.3 is 28.4 Å². The maximum atomic E-state index is 13.0. The van der Waals surface area contributed by atoms with Crippen LogP contribution in [0.25, 0.3) is 0 Å². The Hall–Kier alpha value is -2.68. The Morgan fingerprint density at radius 3 is 2.60 bits per heavy atom. The second kappa shape index (κ2) is 10.4. The summed E-state index contributed by atoms with van der Waals surface area (Å²) in [5.74, 6) is -0.159. The van der Waals surface area contributed by atoms with Crippen molar-refractivity contribution in [3.05, 3.63) is 47.6 Å². The van der Waals surface area contributed by atoms with E-state index in [1.54, 1.807) is 24.3 Å². The molecule has 162 valence electrons. The Labute approximate surface area is 175 Å². The third-order valence-electron chi connectivity index (χ3n) is 4.59. The largest absolute Gasteiger partial charge is 0.467 e. The van der Waals surface area contributed by atoms with Crippen LogP contribution in [0.1, 0.15) is 29.3 Å². The maximum Gasteiger partial charge on any atom is 0.342 e. The van der Waals surface area contributed by atoms with Crippen LogP contribution in [0.15, 0.2) is 36.4 Å². The van der Waals surface area contributed by atoms with Crippen molar-refractivity contribution in [2.45, 2.75) is 38.1 Å². The van der Waals surface area contributed by atoms with Crippen molar-refractivity contribution in [2.24, 2.45) is 0 Å². The van der Waals surface area contributed by atoms with E-state index in [0.29, 0.717) is 17.7 Å². The average molecular weight is 418 g/mol. The fourth-order valence-corrected chi connectivity index (χ4v) is 3.18. The van der Waals surface area contributed by atoms with Crippen LogP contribution in [-0.2, 0) is 30.2 Å². The van der Waals surface area contributed by atoms with Crippen LogP contribution >= 0.6 is 0 Å². The van der Waals surface area contributed by atoms with E-state index in [4.69, 9.17) is 28.4 Å². The molecule has 0 bridgehead atoms. The highest BCUT2D eigenvalue weighted by Gasteiger charge is 2.38. The fraction of sp³-hybridized carbons (Fsp3) is 0.455. The number of benzene rings is 1. The zero-order valence-electron chi connectivity index (χ0n) is 17.3. The lowest BCUT2D eigenvalue weighted by Gasteiger charge is -2.18. The molecule has 0 saturated carbocycles. The number of epoxide rings is 1. The van der Waals surface area contributed by atoms with Crippen molar-refractivity contribution in [1.29, 1.82) is 0 Å². The van der Waals surface area contributed by atoms with Crippen LogP contribution in [0.4, 0.5) is 0 Å². The minimum Gasteiger partial charge on any atom is -0.467 e. The van der Waals surface area contributed by atoms with Gasteiger partial charge in [0.05, 0.1) is 6.10 Å². The highest BCUT2D eigenvalue weighted by molar-refractivity contribution is 5.98. The number of carbonyl (C=O) groups is 2. The highest BCUT2D eigenvalue weighted by atomic mass is 16.7. The Kier molecular flexibility index (Phi) is 7.62. The van der Waals surface area contributed by atoms with Gasteiger partial charge in [0.1, 0.15) is 29.3 Å². The minimum absolute atomic E-state index is 0.00514. The normalized spacial score (nSPS) is 23.8. The van der Waals surface area contributed by atoms with Gasteiger partial charge in [-0.05, 0) is 24.6 Å². The summed E-state index contributed by atoms with van der Waals surface area (Å²) >= 11 is 0. The number of carbonyl (C=O) groups excluding carboxylic acids is 2. The van der Waals surface area contributed by atoms with E-state index in [1.165, 1.54) is 20.3 Å². The van der Waals surface area contributed by atoms with E-state index in [2.05, 4.69) is 0 Å². The van der Waals surface area contributed by atoms with Crippen LogP contribution in [0.5, 0.6) is 11.5 Å². The van der Waals surface area contributed by atoms with Crippen LogP contribution in [0, 0.1) is 0 Å². The lowest BCUT2D eigenvalue weighted by Crippen LogP contribution is -2.20. The van der Waals surface area contributed by atoms with Crippen molar-refractivity contribution < 1.29 is 38.0 Å². The Morgan fingerprint density at radius 1 is 1.07 bits per heavy atom. The summed E-state index contributed by atoms with van der Waals surface area (Å²) in [4.78, 5) is 25.5. The van der Waals surface area contributed by atoms with Crippen molar-refractivity contribution in [2.75, 3.05) is 27.8 Å². The first-order valence-electron chi connectivity index (χ1n) is 9.66. The number of esters is 1. The first-order chi connectivity index (χ1) is 14.5. The monoisotopic (exact) mass is 418 g/mol. The van der Waals surface area contributed by atoms with Gasteiger partial charge in [0.15, 0.2) is 19.4 Å². The number of ether oxygens (including phenoxy) is 6. The molecule has 8 nitrogen and oxygen atoms in total. The standard InChI is InChI=1S/C22H26O8/c1-14-8-19-18(30-19)7-5-4-6-16(23)9-15-10-17(27-12-25-2)11-20(28-13-26-3)21(15)22(24)29-14/h4-7,10-11,14,18-19H,8-9,12-13H2,1-3H3/t14-,18+,19-/m1/s1. The van der Waals surface area contributed by atoms with E-state index in [1.807, 2.05) is 13.0 Å². The lowest BCUT2D eigenvalue weighted by molar-refractivity contribution is -0.114. The van der Waals surface area contributed by atoms with Crippen molar-refractivity contribution in [3.63, 3.8) is 0 Å². The van der Waals surface area contributed by atoms with Gasteiger partial charge >= 0.3 is 5.97 Å². The molecule has 0 amide bonds. The van der Waals surface area contributed by atoms with E-state index in [0.717, 1.165) is 0 Å². The summed E-state index contributed by atoms with van der Waals surface area (Å²) in [5, 5.41) is 0. The number of cyclic esters (lactones) is 1. The Morgan fingerprint density at radius 2 is 1.83 bits per heavy atom. The molecule has 0 aromatic heterocycles. The summed E-state index contributed by atoms with van der Waals surface area (Å²) in [6.07, 6.45) is 6.93. The zero-order valence-corrected chi connectivity index (χ0v) is 17.3. The summed E-state index contributed by atoms with van der Waals surface area (Å²) in [7, 11) is 2.97. The van der Waals surface area contributed by atoms with Crippen LogP contribution in [-0.4, -0.2) is 57.9 Å². The first-order valence-corrected chi connectivity index (χ1v) is 9.66. The third-order valence-corrected chi connectivity index (χ3v) is 4.59. The molecule has 1 fully saturated rings. The topological polar surface area (TPSA) is 92.8 Å². The molecule has 0 radical (unpaired) electrons. The molecule has 2 aliphatic heterocycles. The van der Waals surface area contributed by atoms with Gasteiger partial charge in [0.2, 0.25) is 0 Å². The molecule has 30 heavy (non-hydrogen) atoms. The molecule has 1 aromatic carbocycles. The van der Waals surface area contributed by atoms with Gasteiger partial charge in [-0.15, -0.1) is 0 Å². The zero-order chi connectivity index (χ0) is 21.5. The minimum atomic E-state index is -0.580. The summed E-state index contributed by atoms with van der Waals surface area (Å²) < 4.78 is 32.2. The lowest BCUT2D eigenvalue weighted by atomic mass is 10.00. The van der Waals surface area contributed by atoms with Crippen LogP contribution in [0.3, 0.4) is 0 Å². The predicted octanol–water partition coefficient (Wildman–Crippen LogP) is 2.59. The number of methoxy groups -OCH3 is 2. The van der Waals surface area contributed by atoms with E-state index < -0.39 is 5.97 Å². The number of ketones is 1. The Balaban J connectivity index is 1.99. The van der Waals surface area contributed by atoms with E-state index >= 15 is 0 Å². The van der Waals surface area contributed by atoms with Gasteiger partial charge in [0.25, 0.3) is 0 Å². The van der Waals surface area contributed by atoms with E-state index in [-0.39, 0.29) is 55.4 Å². The molecule has 0 spiro atoms. The molecule has 8 heteroatoms. The number of hydrogen-bond acceptors (Lipinski definition) is 8. The quantitative estimate of drug-likeness (QED) is 0.395. The SMILES string of the molecule is COCOc1cc2c(c(OCOC)c1)C(=O)O[C@H](C)C[C@H]1O[C@H]1C=CC=CC(=O)C2. The molecule has 2 heterocycles. The highest BCUT2D eigenvalue weighted by Crippen LogP contribution is 2.33. The fourth-order valence-electron chi connectivity index (χ4n) is 3.18. The van der Waals surface area contributed by atoms with Crippen molar-refractivity contribution >= 4 is 11.8 Å². The molecular weight excluding hydrogens is 392 g/mol. The predicted molar refractivity (Wildman–Crippen MR) is 107 cm³/mol. The molecule has 2 aliphatic rings. The van der Waals surface area contributed by atoms with Crippen LogP contribution in [0.2, 0.25) is 0 Å². The number of allylic oxidation sites excluding steroid dienone is 3.